The molecule has 0 unspecified atom stereocenters. The second-order valence-electron chi connectivity index (χ2n) is 16.6. The molecule has 294 valence electrons. The highest BCUT2D eigenvalue weighted by molar-refractivity contribution is 6.13. The van der Waals surface area contributed by atoms with Gasteiger partial charge in [0.2, 0.25) is 0 Å². The van der Waals surface area contributed by atoms with Crippen LogP contribution in [0.3, 0.4) is 0 Å². The lowest BCUT2D eigenvalue weighted by Crippen LogP contribution is -2.04. The number of pyridine rings is 1. The molecule has 64 heavy (non-hydrogen) atoms. The molecule has 0 fully saturated rings. The summed E-state index contributed by atoms with van der Waals surface area (Å²) in [5.74, 6) is 0. The molecule has 0 saturated heterocycles. The van der Waals surface area contributed by atoms with Crippen molar-refractivity contribution in [3.05, 3.63) is 243 Å². The molecule has 10 aromatic rings. The first-order valence-electron chi connectivity index (χ1n) is 21.7. The maximum absolute atomic E-state index is 5.58. The Kier molecular flexibility index (Phi) is 7.33. The third-order valence-electron chi connectivity index (χ3n) is 13.2. The van der Waals surface area contributed by atoms with E-state index in [9.17, 15) is 0 Å². The fourth-order valence-electron chi connectivity index (χ4n) is 10.5. The number of para-hydroxylation sites is 2. The van der Waals surface area contributed by atoms with Crippen molar-refractivity contribution < 1.29 is 0 Å². The lowest BCUT2D eigenvalue weighted by atomic mass is 9.79. The summed E-state index contributed by atoms with van der Waals surface area (Å²) in [5.41, 5.74) is 18.4. The van der Waals surface area contributed by atoms with Gasteiger partial charge in [-0.05, 0) is 88.0 Å². The Bertz CT molecular complexity index is 4170. The molecular formula is C59H33N5. The van der Waals surface area contributed by atoms with Crippen LogP contribution in [0.1, 0.15) is 0 Å². The quantitative estimate of drug-likeness (QED) is 0.171. The minimum Gasteiger partial charge on any atom is -0.256 e. The Morgan fingerprint density at radius 3 is 1.20 bits per heavy atom. The van der Waals surface area contributed by atoms with Gasteiger partial charge in [-0.2, -0.15) is 0 Å². The first kappa shape index (κ1) is 35.0. The minimum atomic E-state index is 0.861. The molecule has 14 rings (SSSR count). The fraction of sp³-hybridized carbons (Fsp3) is 0. The van der Waals surface area contributed by atoms with Crippen molar-refractivity contribution in [2.75, 3.05) is 0 Å². The van der Waals surface area contributed by atoms with E-state index >= 15 is 0 Å². The summed E-state index contributed by atoms with van der Waals surface area (Å²) in [6, 6.07) is 68.7. The van der Waals surface area contributed by atoms with E-state index in [0.29, 0.717) is 0 Å². The Hall–Kier alpha value is -8.67. The van der Waals surface area contributed by atoms with E-state index in [1.807, 2.05) is 6.20 Å². The molecule has 1 aromatic heterocycles. The highest BCUT2D eigenvalue weighted by Crippen LogP contribution is 2.56. The van der Waals surface area contributed by atoms with Crippen molar-refractivity contribution in [2.24, 2.45) is 20.0 Å². The molecule has 5 heteroatoms. The van der Waals surface area contributed by atoms with Crippen molar-refractivity contribution in [1.82, 2.24) is 4.98 Å². The third-order valence-corrected chi connectivity index (χ3v) is 13.2. The molecular weight excluding hydrogens is 779 g/mol. The number of hydrogen-bond acceptors (Lipinski definition) is 5. The zero-order valence-corrected chi connectivity index (χ0v) is 34.3. The topological polar surface area (TPSA) is 62.3 Å². The monoisotopic (exact) mass is 811 g/mol. The standard InChI is InChI=1S/C59H33N5/c1-4-14-34(15-5-1)37-24-28-46-53(55-48(61-46)30-26-42-40-20-10-12-22-44(40)63-57(42)55)50(37)51-39(36-18-8-3-9-19-36)32-33-60-59(51)52-38(35-16-6-2-7-17-35)25-29-47-54(52)56-49(62-47)31-27-43-41-21-11-13-23-45(41)64-58(43)56/h1-33H. The maximum Gasteiger partial charge on any atom is 0.0817 e. The van der Waals surface area contributed by atoms with E-state index in [1.165, 1.54) is 0 Å². The average molecular weight is 812 g/mol. The summed E-state index contributed by atoms with van der Waals surface area (Å²) >= 11 is 0. The van der Waals surface area contributed by atoms with Crippen LogP contribution in [0.4, 0.5) is 22.7 Å². The fourth-order valence-corrected chi connectivity index (χ4v) is 10.5. The summed E-state index contributed by atoms with van der Waals surface area (Å²) in [4.78, 5) is 27.0. The Balaban J connectivity index is 1.17. The van der Waals surface area contributed by atoms with E-state index in [4.69, 9.17) is 25.0 Å². The SMILES string of the molecule is c1ccc(-c2ccnc(-c3c(-c4ccccc4)ccc4c3-c3c5c(ccc3=N4)=c3ccccc3=N5)c2-c2c(-c3ccccc3)ccc3c2-c2c4c(ccc2=N3)=c2ccccc2=N4)cc1. The highest BCUT2D eigenvalue weighted by Gasteiger charge is 2.33. The van der Waals surface area contributed by atoms with Crippen LogP contribution < -0.4 is 21.4 Å². The van der Waals surface area contributed by atoms with Crippen molar-refractivity contribution in [3.63, 3.8) is 0 Å². The second kappa shape index (κ2) is 13.4. The Morgan fingerprint density at radius 1 is 0.250 bits per heavy atom. The van der Waals surface area contributed by atoms with E-state index in [0.717, 1.165) is 143 Å². The average Bonchev–Trinajstić information content (AvgIpc) is 4.14. The first-order valence-corrected chi connectivity index (χ1v) is 21.7. The summed E-state index contributed by atoms with van der Waals surface area (Å²) in [6.07, 6.45) is 1.98. The van der Waals surface area contributed by atoms with Crippen molar-refractivity contribution in [1.29, 1.82) is 0 Å². The molecule has 0 radical (unpaired) electrons. The number of rotatable bonds is 5. The predicted molar refractivity (Wildman–Crippen MR) is 254 cm³/mol. The summed E-state index contributed by atoms with van der Waals surface area (Å²) in [7, 11) is 0. The lowest BCUT2D eigenvalue weighted by molar-refractivity contribution is 1.32. The van der Waals surface area contributed by atoms with Gasteiger partial charge in [0.05, 0.1) is 49.9 Å². The van der Waals surface area contributed by atoms with Crippen molar-refractivity contribution in [2.45, 2.75) is 0 Å². The van der Waals surface area contributed by atoms with Gasteiger partial charge in [0.1, 0.15) is 0 Å². The Morgan fingerprint density at radius 2 is 0.688 bits per heavy atom. The van der Waals surface area contributed by atoms with Crippen LogP contribution in [0, 0.1) is 20.9 Å². The first-order chi connectivity index (χ1) is 31.8. The van der Waals surface area contributed by atoms with Gasteiger partial charge in [-0.1, -0.05) is 140 Å². The van der Waals surface area contributed by atoms with Crippen LogP contribution in [0.15, 0.2) is 220 Å². The van der Waals surface area contributed by atoms with E-state index in [-0.39, 0.29) is 0 Å². The van der Waals surface area contributed by atoms with Gasteiger partial charge in [-0.25, -0.2) is 20.0 Å². The summed E-state index contributed by atoms with van der Waals surface area (Å²) < 4.78 is 0. The number of aromatic nitrogens is 1. The maximum atomic E-state index is 5.58. The number of benzene rings is 9. The van der Waals surface area contributed by atoms with Crippen LogP contribution in [-0.4, -0.2) is 4.98 Å². The van der Waals surface area contributed by atoms with Gasteiger partial charge in [0.25, 0.3) is 0 Å². The number of hydrogen-bond donors (Lipinski definition) is 0. The molecule has 0 atom stereocenters. The van der Waals surface area contributed by atoms with E-state index < -0.39 is 0 Å². The normalized spacial score (nSPS) is 12.6. The molecule has 0 amide bonds. The smallest absolute Gasteiger partial charge is 0.0817 e. The summed E-state index contributed by atoms with van der Waals surface area (Å²) in [5, 5.41) is 8.27. The van der Waals surface area contributed by atoms with Crippen LogP contribution in [-0.2, 0) is 0 Å². The predicted octanol–water partition coefficient (Wildman–Crippen LogP) is 12.4. The zero-order chi connectivity index (χ0) is 41.9. The third kappa shape index (κ3) is 4.98. The minimum absolute atomic E-state index is 0.861. The highest BCUT2D eigenvalue weighted by atomic mass is 14.8. The molecule has 5 nitrogen and oxygen atoms in total. The molecule has 0 N–H and O–H groups in total. The van der Waals surface area contributed by atoms with Crippen molar-refractivity contribution >= 4 is 22.7 Å². The van der Waals surface area contributed by atoms with Crippen LogP contribution >= 0.6 is 0 Å². The van der Waals surface area contributed by atoms with Gasteiger partial charge in [-0.15, -0.1) is 0 Å². The van der Waals surface area contributed by atoms with Crippen LogP contribution in [0.5, 0.6) is 0 Å². The number of nitrogens with zero attached hydrogens (tertiary/aromatic N) is 5. The van der Waals surface area contributed by atoms with Gasteiger partial charge in [0.15, 0.2) is 0 Å². The largest absolute Gasteiger partial charge is 0.256 e. The van der Waals surface area contributed by atoms with Gasteiger partial charge in [0, 0.05) is 66.0 Å². The molecule has 4 aliphatic heterocycles. The molecule has 9 aromatic carbocycles. The molecule has 0 bridgehead atoms. The van der Waals surface area contributed by atoms with Gasteiger partial charge < -0.3 is 0 Å². The summed E-state index contributed by atoms with van der Waals surface area (Å²) in [6.45, 7) is 0. The molecule has 0 saturated carbocycles. The Labute approximate surface area is 366 Å². The van der Waals surface area contributed by atoms with Gasteiger partial charge >= 0.3 is 0 Å². The molecule has 0 aliphatic carbocycles. The zero-order valence-electron chi connectivity index (χ0n) is 34.3. The van der Waals surface area contributed by atoms with Crippen molar-refractivity contribution in [3.8, 4) is 78.0 Å². The molecule has 0 spiro atoms. The van der Waals surface area contributed by atoms with Gasteiger partial charge in [-0.3, -0.25) is 4.98 Å². The molecule has 5 heterocycles. The van der Waals surface area contributed by atoms with E-state index in [2.05, 4.69) is 194 Å². The number of fused-ring (bicyclic) bond motifs is 12. The van der Waals surface area contributed by atoms with E-state index in [1.54, 1.807) is 0 Å². The lowest BCUT2D eigenvalue weighted by Gasteiger charge is -2.24. The van der Waals surface area contributed by atoms with Crippen LogP contribution in [0.2, 0.25) is 0 Å². The van der Waals surface area contributed by atoms with Crippen LogP contribution in [0.25, 0.3) is 78.0 Å². The molecule has 4 aliphatic rings. The second-order valence-corrected chi connectivity index (χ2v) is 16.6.